The molecule has 0 radical (unpaired) electrons. The molecule has 1 aromatic heterocycles. The molecule has 0 unspecified atom stereocenters. The first-order chi connectivity index (χ1) is 16.4. The SMILES string of the molecule is Cc1ccc(-n2cc(C(=O)N3CCN(c4ccccc4F)CC3)c3ccccc3c2=O)cc1C. The van der Waals surface area contributed by atoms with Gasteiger partial charge in [0.1, 0.15) is 5.82 Å². The van der Waals surface area contributed by atoms with Crippen molar-refractivity contribution in [3.8, 4) is 5.69 Å². The third-order valence-corrected chi connectivity index (χ3v) is 6.68. The fourth-order valence-electron chi connectivity index (χ4n) is 4.56. The maximum absolute atomic E-state index is 14.2. The molecule has 1 aliphatic heterocycles. The first kappa shape index (κ1) is 21.9. The molecule has 3 aromatic carbocycles. The number of piperazine rings is 1. The van der Waals surface area contributed by atoms with Gasteiger partial charge < -0.3 is 9.80 Å². The molecule has 0 N–H and O–H groups in total. The number of hydrogen-bond acceptors (Lipinski definition) is 3. The summed E-state index contributed by atoms with van der Waals surface area (Å²) in [5.41, 5.74) is 3.85. The molecule has 1 fully saturated rings. The lowest BCUT2D eigenvalue weighted by Crippen LogP contribution is -2.49. The number of amides is 1. The van der Waals surface area contributed by atoms with Crippen LogP contribution >= 0.6 is 0 Å². The molecule has 0 bridgehead atoms. The molecule has 172 valence electrons. The van der Waals surface area contributed by atoms with Crippen LogP contribution in [0.3, 0.4) is 0 Å². The molecule has 0 atom stereocenters. The van der Waals surface area contributed by atoms with Crippen LogP contribution in [-0.2, 0) is 0 Å². The molecule has 0 saturated carbocycles. The summed E-state index contributed by atoms with van der Waals surface area (Å²) < 4.78 is 15.8. The van der Waals surface area contributed by atoms with E-state index in [4.69, 9.17) is 0 Å². The summed E-state index contributed by atoms with van der Waals surface area (Å²) in [6.07, 6.45) is 1.67. The van der Waals surface area contributed by atoms with Crippen LogP contribution in [0.4, 0.5) is 10.1 Å². The average Bonchev–Trinajstić information content (AvgIpc) is 2.86. The quantitative estimate of drug-likeness (QED) is 0.450. The number of carbonyl (C=O) groups is 1. The Bertz CT molecular complexity index is 1450. The first-order valence-corrected chi connectivity index (χ1v) is 11.4. The smallest absolute Gasteiger partial charge is 0.262 e. The number of anilines is 1. The van der Waals surface area contributed by atoms with Crippen molar-refractivity contribution < 1.29 is 9.18 Å². The Balaban J connectivity index is 1.50. The highest BCUT2D eigenvalue weighted by molar-refractivity contribution is 6.06. The highest BCUT2D eigenvalue weighted by atomic mass is 19.1. The van der Waals surface area contributed by atoms with Crippen molar-refractivity contribution in [3.63, 3.8) is 0 Å². The van der Waals surface area contributed by atoms with Crippen molar-refractivity contribution in [2.24, 2.45) is 0 Å². The van der Waals surface area contributed by atoms with Gasteiger partial charge in [-0.2, -0.15) is 0 Å². The average molecular weight is 456 g/mol. The van der Waals surface area contributed by atoms with Crippen molar-refractivity contribution in [1.29, 1.82) is 0 Å². The van der Waals surface area contributed by atoms with E-state index in [2.05, 4.69) is 0 Å². The van der Waals surface area contributed by atoms with Gasteiger partial charge in [0.15, 0.2) is 0 Å². The van der Waals surface area contributed by atoms with Gasteiger partial charge in [-0.25, -0.2) is 4.39 Å². The second-order valence-electron chi connectivity index (χ2n) is 8.76. The van der Waals surface area contributed by atoms with Crippen LogP contribution in [0.5, 0.6) is 0 Å². The van der Waals surface area contributed by atoms with E-state index >= 15 is 0 Å². The minimum absolute atomic E-state index is 0.123. The Morgan fingerprint density at radius 1 is 0.824 bits per heavy atom. The fourth-order valence-corrected chi connectivity index (χ4v) is 4.56. The van der Waals surface area contributed by atoms with Gasteiger partial charge >= 0.3 is 0 Å². The molecule has 34 heavy (non-hydrogen) atoms. The molecular formula is C28H26FN3O2. The van der Waals surface area contributed by atoms with Gasteiger partial charge in [-0.1, -0.05) is 36.4 Å². The summed E-state index contributed by atoms with van der Waals surface area (Å²) in [5, 5.41) is 1.16. The first-order valence-electron chi connectivity index (χ1n) is 11.4. The summed E-state index contributed by atoms with van der Waals surface area (Å²) in [6, 6.07) is 19.8. The predicted molar refractivity (Wildman–Crippen MR) is 134 cm³/mol. The minimum atomic E-state index is -0.256. The maximum Gasteiger partial charge on any atom is 0.262 e. The summed E-state index contributed by atoms with van der Waals surface area (Å²) in [7, 11) is 0. The van der Waals surface area contributed by atoms with Gasteiger partial charge in [0, 0.05) is 48.8 Å². The van der Waals surface area contributed by atoms with E-state index < -0.39 is 0 Å². The monoisotopic (exact) mass is 455 g/mol. The van der Waals surface area contributed by atoms with Gasteiger partial charge in [-0.05, 0) is 55.3 Å². The van der Waals surface area contributed by atoms with Gasteiger partial charge in [0.05, 0.1) is 11.3 Å². The van der Waals surface area contributed by atoms with Crippen molar-refractivity contribution in [1.82, 2.24) is 9.47 Å². The van der Waals surface area contributed by atoms with Gasteiger partial charge in [-0.15, -0.1) is 0 Å². The van der Waals surface area contributed by atoms with E-state index in [1.807, 2.05) is 61.2 Å². The van der Waals surface area contributed by atoms with E-state index in [0.717, 1.165) is 16.8 Å². The lowest BCUT2D eigenvalue weighted by Gasteiger charge is -2.36. The van der Waals surface area contributed by atoms with E-state index in [-0.39, 0.29) is 17.3 Å². The maximum atomic E-state index is 14.2. The Labute approximate surface area is 197 Å². The van der Waals surface area contributed by atoms with Gasteiger partial charge in [-0.3, -0.25) is 14.2 Å². The largest absolute Gasteiger partial charge is 0.366 e. The predicted octanol–water partition coefficient (Wildman–Crippen LogP) is 4.71. The molecule has 1 saturated heterocycles. The second-order valence-corrected chi connectivity index (χ2v) is 8.76. The Morgan fingerprint density at radius 3 is 2.21 bits per heavy atom. The highest BCUT2D eigenvalue weighted by Crippen LogP contribution is 2.23. The second kappa shape index (κ2) is 8.78. The van der Waals surface area contributed by atoms with Crippen molar-refractivity contribution in [3.05, 3.63) is 106 Å². The van der Waals surface area contributed by atoms with Crippen LogP contribution < -0.4 is 10.5 Å². The zero-order valence-corrected chi connectivity index (χ0v) is 19.3. The molecular weight excluding hydrogens is 429 g/mol. The number of aromatic nitrogens is 1. The number of benzene rings is 3. The normalized spacial score (nSPS) is 14.0. The third kappa shape index (κ3) is 3.85. The fraction of sp³-hybridized carbons (Fsp3) is 0.214. The molecule has 5 nitrogen and oxygen atoms in total. The topological polar surface area (TPSA) is 45.6 Å². The number of rotatable bonds is 3. The van der Waals surface area contributed by atoms with Gasteiger partial charge in [0.2, 0.25) is 0 Å². The number of fused-ring (bicyclic) bond motifs is 1. The minimum Gasteiger partial charge on any atom is -0.366 e. The van der Waals surface area contributed by atoms with Crippen LogP contribution in [-0.4, -0.2) is 41.6 Å². The van der Waals surface area contributed by atoms with Crippen molar-refractivity contribution in [2.75, 3.05) is 31.1 Å². The van der Waals surface area contributed by atoms with Crippen LogP contribution in [0.2, 0.25) is 0 Å². The molecule has 6 heteroatoms. The number of hydrogen-bond donors (Lipinski definition) is 0. The molecule has 4 aromatic rings. The summed E-state index contributed by atoms with van der Waals surface area (Å²) in [6.45, 7) is 6.07. The number of carbonyl (C=O) groups excluding carboxylic acids is 1. The summed E-state index contributed by atoms with van der Waals surface area (Å²) in [5.74, 6) is -0.379. The summed E-state index contributed by atoms with van der Waals surface area (Å²) in [4.78, 5) is 30.7. The third-order valence-electron chi connectivity index (χ3n) is 6.68. The van der Waals surface area contributed by atoms with Crippen LogP contribution in [0.1, 0.15) is 21.5 Å². The molecule has 1 aliphatic rings. The van der Waals surface area contributed by atoms with E-state index in [0.29, 0.717) is 48.2 Å². The van der Waals surface area contributed by atoms with E-state index in [1.54, 1.807) is 33.9 Å². The lowest BCUT2D eigenvalue weighted by atomic mass is 10.0. The number of nitrogens with zero attached hydrogens (tertiary/aromatic N) is 3. The van der Waals surface area contributed by atoms with Gasteiger partial charge in [0.25, 0.3) is 11.5 Å². The zero-order chi connectivity index (χ0) is 23.8. The molecule has 2 heterocycles. The van der Waals surface area contributed by atoms with E-state index in [1.165, 1.54) is 6.07 Å². The zero-order valence-electron chi connectivity index (χ0n) is 19.3. The van der Waals surface area contributed by atoms with Crippen LogP contribution in [0, 0.1) is 19.7 Å². The molecule has 0 spiro atoms. The van der Waals surface area contributed by atoms with Crippen molar-refractivity contribution >= 4 is 22.4 Å². The molecule has 1 amide bonds. The molecule has 5 rings (SSSR count). The lowest BCUT2D eigenvalue weighted by molar-refractivity contribution is 0.0748. The molecule has 0 aliphatic carbocycles. The summed E-state index contributed by atoms with van der Waals surface area (Å²) >= 11 is 0. The number of halogens is 1. The Kier molecular flexibility index (Phi) is 5.65. The van der Waals surface area contributed by atoms with Crippen molar-refractivity contribution in [2.45, 2.75) is 13.8 Å². The Morgan fingerprint density at radius 2 is 1.50 bits per heavy atom. The standard InChI is InChI=1S/C28H26FN3O2/c1-19-11-12-21(17-20(19)2)32-18-24(22-7-3-4-8-23(22)28(32)34)27(33)31-15-13-30(14-16-31)26-10-6-5-9-25(26)29/h3-12,17-18H,13-16H2,1-2H3. The van der Waals surface area contributed by atoms with Crippen LogP contribution in [0.15, 0.2) is 77.7 Å². The Hall–Kier alpha value is -3.93. The van der Waals surface area contributed by atoms with E-state index in [9.17, 15) is 14.0 Å². The van der Waals surface area contributed by atoms with Crippen LogP contribution in [0.25, 0.3) is 16.5 Å². The number of para-hydroxylation sites is 1. The number of pyridine rings is 1. The highest BCUT2D eigenvalue weighted by Gasteiger charge is 2.26. The number of aryl methyl sites for hydroxylation is 2.